The summed E-state index contributed by atoms with van der Waals surface area (Å²) in [7, 11) is 0. The minimum absolute atomic E-state index is 0.282. The number of hydrogen-bond acceptors (Lipinski definition) is 1. The topological polar surface area (TPSA) is 17.1 Å². The summed E-state index contributed by atoms with van der Waals surface area (Å²) in [5.41, 5.74) is 0. The third-order valence-electron chi connectivity index (χ3n) is 0.287. The molecule has 2 radical (unpaired) electrons. The van der Waals surface area contributed by atoms with Gasteiger partial charge >= 0.3 is 41.1 Å². The normalized spacial score (nSPS) is 7.40. The number of carbonyl (C=O) groups excluding carboxylic acids is 1. The molecule has 0 spiro atoms. The first-order valence-electron chi connectivity index (χ1n) is 1.47. The summed E-state index contributed by atoms with van der Waals surface area (Å²) in [5.74, 6) is 0.282. The van der Waals surface area contributed by atoms with Gasteiger partial charge in [-0.2, -0.15) is 0 Å². The van der Waals surface area contributed by atoms with Crippen molar-refractivity contribution in [3.8, 4) is 0 Å². The number of carbonyl (C=O) groups is 1. The zero-order valence-corrected chi connectivity index (χ0v) is 5.62. The molecule has 1 nitrogen and oxygen atoms in total. The van der Waals surface area contributed by atoms with Crippen LogP contribution in [-0.2, 0) is 4.79 Å². The van der Waals surface area contributed by atoms with E-state index in [1.165, 1.54) is 18.6 Å². The Kier molecular flexibility index (Phi) is 2.69. The summed E-state index contributed by atoms with van der Waals surface area (Å²) >= 11 is 1.48. The molecule has 0 aromatic rings. The molecule has 0 saturated heterocycles. The van der Waals surface area contributed by atoms with Gasteiger partial charge in [0.25, 0.3) is 0 Å². The van der Waals surface area contributed by atoms with E-state index in [0.717, 1.165) is 4.98 Å². The Labute approximate surface area is 41.7 Å². The molecule has 0 amide bonds. The van der Waals surface area contributed by atoms with Gasteiger partial charge in [-0.3, -0.25) is 0 Å². The summed E-state index contributed by atoms with van der Waals surface area (Å²) in [4.78, 5) is 10.6. The van der Waals surface area contributed by atoms with E-state index < -0.39 is 0 Å². The predicted molar refractivity (Wildman–Crippen MR) is 21.2 cm³/mol. The zero-order chi connectivity index (χ0) is 4.28. The van der Waals surface area contributed by atoms with E-state index in [9.17, 15) is 4.79 Å². The molecule has 0 rings (SSSR count). The maximum absolute atomic E-state index is 9.83. The van der Waals surface area contributed by atoms with Gasteiger partial charge in [0, 0.05) is 0 Å². The fraction of sp³-hybridized carbons (Fsp3) is 0.667. The average Bonchev–Trinajstić information content (AvgIpc) is 1.38. The Morgan fingerprint density at radius 3 is 2.20 bits per heavy atom. The molecule has 0 aliphatic heterocycles. The predicted octanol–water partition coefficient (Wildman–Crippen LogP) is 0.162. The van der Waals surface area contributed by atoms with Crippen molar-refractivity contribution in [2.24, 2.45) is 0 Å². The SMILES string of the molecule is CC(=O)[CH2][Ga]. The standard InChI is InChI=1S/C3H5O.Ga/c1-3(2)4;/h1H2,2H3;. The van der Waals surface area contributed by atoms with Crippen molar-refractivity contribution in [1.82, 2.24) is 0 Å². The number of rotatable bonds is 1. The number of Topliss-reactive ketones (excluding diaryl/α,β-unsaturated/α-hetero) is 1. The van der Waals surface area contributed by atoms with Gasteiger partial charge in [-0.05, 0) is 0 Å². The van der Waals surface area contributed by atoms with E-state index >= 15 is 0 Å². The molecule has 26 valence electrons. The van der Waals surface area contributed by atoms with Crippen LogP contribution in [0.5, 0.6) is 0 Å². The van der Waals surface area contributed by atoms with Crippen molar-refractivity contribution in [3.63, 3.8) is 0 Å². The first kappa shape index (κ1) is 5.31. The van der Waals surface area contributed by atoms with E-state index in [2.05, 4.69) is 0 Å². The van der Waals surface area contributed by atoms with E-state index in [1.54, 1.807) is 6.92 Å². The second-order valence-corrected chi connectivity index (χ2v) is 1.76. The number of hydrogen-bond donors (Lipinski definition) is 0. The third-order valence-corrected chi connectivity index (χ3v) is 1.49. The van der Waals surface area contributed by atoms with E-state index in [1.807, 2.05) is 0 Å². The molecule has 2 heteroatoms. The molecule has 0 aromatic carbocycles. The Morgan fingerprint density at radius 2 is 2.20 bits per heavy atom. The summed E-state index contributed by atoms with van der Waals surface area (Å²) in [5, 5.41) is 0. The molecular weight excluding hydrogens is 122 g/mol. The van der Waals surface area contributed by atoms with Gasteiger partial charge in [0.1, 0.15) is 0 Å². The Hall–Kier alpha value is 0.306. The summed E-state index contributed by atoms with van der Waals surface area (Å²) < 4.78 is 0. The van der Waals surface area contributed by atoms with Crippen molar-refractivity contribution in [1.29, 1.82) is 0 Å². The van der Waals surface area contributed by atoms with Crippen LogP contribution in [0.25, 0.3) is 0 Å². The molecule has 5 heavy (non-hydrogen) atoms. The van der Waals surface area contributed by atoms with Crippen LogP contribution >= 0.6 is 0 Å². The quantitative estimate of drug-likeness (QED) is 0.458. The Morgan fingerprint density at radius 1 is 2.00 bits per heavy atom. The first-order chi connectivity index (χ1) is 2.27. The molecule has 0 saturated carbocycles. The van der Waals surface area contributed by atoms with Crippen LogP contribution in [-0.4, -0.2) is 24.4 Å². The average molecular weight is 127 g/mol. The third kappa shape index (κ3) is 4.31. The molecular formula is C3H5GaO. The molecule has 0 aliphatic rings. The van der Waals surface area contributed by atoms with Crippen LogP contribution < -0.4 is 0 Å². The van der Waals surface area contributed by atoms with Crippen LogP contribution in [0, 0.1) is 0 Å². The van der Waals surface area contributed by atoms with Crippen LogP contribution in [0.2, 0.25) is 4.98 Å². The molecule has 0 fully saturated rings. The molecule has 0 aromatic heterocycles. The van der Waals surface area contributed by atoms with Gasteiger partial charge in [-0.1, -0.05) is 0 Å². The van der Waals surface area contributed by atoms with Gasteiger partial charge in [0.05, 0.1) is 0 Å². The van der Waals surface area contributed by atoms with E-state index in [-0.39, 0.29) is 5.78 Å². The van der Waals surface area contributed by atoms with Gasteiger partial charge in [0.2, 0.25) is 0 Å². The number of ketones is 1. The molecule has 0 heterocycles. The summed E-state index contributed by atoms with van der Waals surface area (Å²) in [6.45, 7) is 1.60. The molecule has 0 aliphatic carbocycles. The van der Waals surface area contributed by atoms with E-state index in [4.69, 9.17) is 0 Å². The molecule has 0 bridgehead atoms. The maximum atomic E-state index is 9.83. The van der Waals surface area contributed by atoms with Crippen molar-refractivity contribution >= 4 is 24.4 Å². The second kappa shape index (κ2) is 2.54. The van der Waals surface area contributed by atoms with Gasteiger partial charge < -0.3 is 0 Å². The fourth-order valence-electron chi connectivity index (χ4n) is 0. The minimum atomic E-state index is 0.282. The molecule has 0 N–H and O–H groups in total. The van der Waals surface area contributed by atoms with Crippen LogP contribution in [0.1, 0.15) is 6.92 Å². The van der Waals surface area contributed by atoms with Gasteiger partial charge in [-0.25, -0.2) is 0 Å². The second-order valence-electron chi connectivity index (χ2n) is 0.906. The van der Waals surface area contributed by atoms with Crippen molar-refractivity contribution in [3.05, 3.63) is 0 Å². The van der Waals surface area contributed by atoms with Crippen LogP contribution in [0.4, 0.5) is 0 Å². The first-order valence-corrected chi connectivity index (χ1v) is 3.18. The monoisotopic (exact) mass is 126 g/mol. The zero-order valence-electron chi connectivity index (χ0n) is 3.19. The molecule has 0 unspecified atom stereocenters. The van der Waals surface area contributed by atoms with Crippen LogP contribution in [0.15, 0.2) is 0 Å². The van der Waals surface area contributed by atoms with Gasteiger partial charge in [-0.15, -0.1) is 0 Å². The Balaban J connectivity index is 2.85. The fourth-order valence-corrected chi connectivity index (χ4v) is 0. The Bertz CT molecular complexity index is 42.2. The summed E-state index contributed by atoms with van der Waals surface area (Å²) in [6.07, 6.45) is 0. The van der Waals surface area contributed by atoms with Crippen molar-refractivity contribution in [2.75, 3.05) is 0 Å². The van der Waals surface area contributed by atoms with Crippen molar-refractivity contribution < 1.29 is 4.79 Å². The summed E-state index contributed by atoms with van der Waals surface area (Å²) in [6, 6.07) is 0. The van der Waals surface area contributed by atoms with Crippen LogP contribution in [0.3, 0.4) is 0 Å². The van der Waals surface area contributed by atoms with Crippen molar-refractivity contribution in [2.45, 2.75) is 11.9 Å². The van der Waals surface area contributed by atoms with E-state index in [0.29, 0.717) is 0 Å². The van der Waals surface area contributed by atoms with Gasteiger partial charge in [0.15, 0.2) is 0 Å². The molecule has 0 atom stereocenters.